The average molecular weight is 325 g/mol. The van der Waals surface area contributed by atoms with E-state index in [0.717, 1.165) is 16.3 Å². The maximum absolute atomic E-state index is 12.3. The molecule has 1 heterocycles. The molecule has 21 heavy (non-hydrogen) atoms. The second kappa shape index (κ2) is 6.65. The number of sulfonamides is 1. The smallest absolute Gasteiger partial charge is 0.240 e. The molecule has 0 fully saturated rings. The minimum absolute atomic E-state index is 0.292. The molecule has 0 radical (unpaired) electrons. The number of thiazole rings is 1. The summed E-state index contributed by atoms with van der Waals surface area (Å²) in [7, 11) is -3.52. The van der Waals surface area contributed by atoms with Gasteiger partial charge in [-0.15, -0.1) is 11.3 Å². The highest BCUT2D eigenvalue weighted by molar-refractivity contribution is 7.89. The Morgan fingerprint density at radius 1 is 1.33 bits per heavy atom. The average Bonchev–Trinajstić information content (AvgIpc) is 2.84. The molecule has 0 aliphatic rings. The summed E-state index contributed by atoms with van der Waals surface area (Å²) in [5.74, 6) is 0. The number of nitrogens with zero attached hydrogens (tertiary/aromatic N) is 1. The zero-order valence-corrected chi connectivity index (χ0v) is 13.7. The zero-order valence-electron chi connectivity index (χ0n) is 12.1. The molecule has 3 N–H and O–H groups in total. The summed E-state index contributed by atoms with van der Waals surface area (Å²) < 4.78 is 27.3. The topological polar surface area (TPSA) is 85.1 Å². The van der Waals surface area contributed by atoms with Gasteiger partial charge in [-0.25, -0.2) is 18.1 Å². The molecular formula is C14H19N3O2S2. The molecule has 5 nitrogen and oxygen atoms in total. The van der Waals surface area contributed by atoms with Crippen LogP contribution in [0.15, 0.2) is 28.5 Å². The molecule has 1 aromatic heterocycles. The van der Waals surface area contributed by atoms with Gasteiger partial charge in [-0.05, 0) is 31.0 Å². The molecule has 0 atom stereocenters. The third-order valence-electron chi connectivity index (χ3n) is 3.25. The first-order valence-electron chi connectivity index (χ1n) is 6.63. The van der Waals surface area contributed by atoms with Gasteiger partial charge < -0.3 is 5.73 Å². The first kappa shape index (κ1) is 16.1. The van der Waals surface area contributed by atoms with Crippen molar-refractivity contribution in [2.45, 2.75) is 31.7 Å². The van der Waals surface area contributed by atoms with Crippen molar-refractivity contribution in [3.63, 3.8) is 0 Å². The van der Waals surface area contributed by atoms with E-state index in [1.54, 1.807) is 30.4 Å². The Morgan fingerprint density at radius 2 is 2.10 bits per heavy atom. The van der Waals surface area contributed by atoms with Crippen LogP contribution in [0, 0.1) is 13.8 Å². The van der Waals surface area contributed by atoms with Crippen molar-refractivity contribution in [1.82, 2.24) is 9.71 Å². The highest BCUT2D eigenvalue weighted by atomic mass is 32.2. The number of rotatable bonds is 6. The number of nitrogens with one attached hydrogen (secondary N) is 1. The molecule has 114 valence electrons. The number of nitrogens with two attached hydrogens (primary N) is 1. The summed E-state index contributed by atoms with van der Waals surface area (Å²) in [6.45, 7) is 4.37. The van der Waals surface area contributed by atoms with Crippen molar-refractivity contribution in [3.8, 4) is 0 Å². The third-order valence-corrected chi connectivity index (χ3v) is 5.67. The molecule has 1 aromatic carbocycles. The van der Waals surface area contributed by atoms with E-state index in [1.807, 2.05) is 18.4 Å². The minimum Gasteiger partial charge on any atom is -0.326 e. The minimum atomic E-state index is -3.52. The fraction of sp³-hybridized carbons (Fsp3) is 0.357. The largest absolute Gasteiger partial charge is 0.326 e. The van der Waals surface area contributed by atoms with E-state index in [9.17, 15) is 8.42 Å². The lowest BCUT2D eigenvalue weighted by atomic mass is 10.1. The lowest BCUT2D eigenvalue weighted by Gasteiger charge is -2.11. The molecule has 0 aliphatic carbocycles. The highest BCUT2D eigenvalue weighted by Crippen LogP contribution is 2.18. The highest BCUT2D eigenvalue weighted by Gasteiger charge is 2.17. The Balaban J connectivity index is 2.08. The van der Waals surface area contributed by atoms with E-state index in [-0.39, 0.29) is 0 Å². The normalized spacial score (nSPS) is 11.8. The van der Waals surface area contributed by atoms with Crippen LogP contribution >= 0.6 is 11.3 Å². The first-order valence-corrected chi connectivity index (χ1v) is 8.99. The second-order valence-corrected chi connectivity index (χ2v) is 7.55. The van der Waals surface area contributed by atoms with Gasteiger partial charge in [0.2, 0.25) is 10.0 Å². The van der Waals surface area contributed by atoms with Crippen LogP contribution in [-0.2, 0) is 23.0 Å². The van der Waals surface area contributed by atoms with Crippen molar-refractivity contribution in [1.29, 1.82) is 0 Å². The quantitative estimate of drug-likeness (QED) is 0.847. The Bertz CT molecular complexity index is 724. The predicted molar refractivity (Wildman–Crippen MR) is 84.8 cm³/mol. The van der Waals surface area contributed by atoms with Gasteiger partial charge in [-0.1, -0.05) is 12.1 Å². The standard InChI is InChI=1S/C14H19N3O2S2/c1-10-12(8-15)4-3-5-14(10)21(18,19)16-7-6-13-9-20-11(2)17-13/h3-5,9,16H,6-8,15H2,1-2H3. The number of aromatic nitrogens is 1. The van der Waals surface area contributed by atoms with Crippen molar-refractivity contribution >= 4 is 21.4 Å². The van der Waals surface area contributed by atoms with Crippen LogP contribution in [0.5, 0.6) is 0 Å². The number of hydrogen-bond donors (Lipinski definition) is 2. The lowest BCUT2D eigenvalue weighted by Crippen LogP contribution is -2.27. The van der Waals surface area contributed by atoms with Gasteiger partial charge in [0.15, 0.2) is 0 Å². The summed E-state index contributed by atoms with van der Waals surface area (Å²) in [5.41, 5.74) is 8.08. The summed E-state index contributed by atoms with van der Waals surface area (Å²) >= 11 is 1.56. The van der Waals surface area contributed by atoms with Gasteiger partial charge in [0.25, 0.3) is 0 Å². The fourth-order valence-electron chi connectivity index (χ4n) is 2.09. The summed E-state index contributed by atoms with van der Waals surface area (Å²) in [5, 5.41) is 2.93. The number of hydrogen-bond acceptors (Lipinski definition) is 5. The van der Waals surface area contributed by atoms with Crippen molar-refractivity contribution in [3.05, 3.63) is 45.4 Å². The molecule has 7 heteroatoms. The lowest BCUT2D eigenvalue weighted by molar-refractivity contribution is 0.580. The summed E-state index contributed by atoms with van der Waals surface area (Å²) in [6.07, 6.45) is 0.583. The molecule has 0 aliphatic heterocycles. The van der Waals surface area contributed by atoms with Crippen LogP contribution in [0.3, 0.4) is 0 Å². The molecule has 0 bridgehead atoms. The Hall–Kier alpha value is -1.28. The van der Waals surface area contributed by atoms with Gasteiger partial charge in [0.05, 0.1) is 15.6 Å². The SMILES string of the molecule is Cc1nc(CCNS(=O)(=O)c2cccc(CN)c2C)cs1. The van der Waals surface area contributed by atoms with Gasteiger partial charge in [0, 0.05) is 24.9 Å². The maximum Gasteiger partial charge on any atom is 0.240 e. The van der Waals surface area contributed by atoms with E-state index in [2.05, 4.69) is 9.71 Å². The van der Waals surface area contributed by atoms with Crippen LogP contribution < -0.4 is 10.5 Å². The van der Waals surface area contributed by atoms with E-state index in [0.29, 0.717) is 30.0 Å². The third kappa shape index (κ3) is 3.88. The Labute approximate surface area is 129 Å². The number of benzene rings is 1. The second-order valence-electron chi connectivity index (χ2n) is 4.75. The van der Waals surface area contributed by atoms with Crippen molar-refractivity contribution in [2.75, 3.05) is 6.54 Å². The molecule has 0 saturated carbocycles. The number of aryl methyl sites for hydroxylation is 1. The first-order chi connectivity index (χ1) is 9.94. The van der Waals surface area contributed by atoms with E-state index in [1.165, 1.54) is 0 Å². The van der Waals surface area contributed by atoms with Crippen LogP contribution in [-0.4, -0.2) is 19.9 Å². The maximum atomic E-state index is 12.3. The molecule has 0 spiro atoms. The monoisotopic (exact) mass is 325 g/mol. The van der Waals surface area contributed by atoms with Crippen LogP contribution in [0.4, 0.5) is 0 Å². The van der Waals surface area contributed by atoms with Crippen LogP contribution in [0.1, 0.15) is 21.8 Å². The van der Waals surface area contributed by atoms with Gasteiger partial charge in [-0.2, -0.15) is 0 Å². The van der Waals surface area contributed by atoms with Gasteiger partial charge in [-0.3, -0.25) is 0 Å². The summed E-state index contributed by atoms with van der Waals surface area (Å²) in [6, 6.07) is 5.16. The fourth-order valence-corrected chi connectivity index (χ4v) is 4.05. The molecule has 0 amide bonds. The van der Waals surface area contributed by atoms with Crippen LogP contribution in [0.25, 0.3) is 0 Å². The molecule has 2 aromatic rings. The molecular weight excluding hydrogens is 306 g/mol. The Kier molecular flexibility index (Phi) is 5.10. The molecule has 0 saturated heterocycles. The van der Waals surface area contributed by atoms with E-state index >= 15 is 0 Å². The molecule has 2 rings (SSSR count). The van der Waals surface area contributed by atoms with E-state index in [4.69, 9.17) is 5.73 Å². The van der Waals surface area contributed by atoms with E-state index < -0.39 is 10.0 Å². The Morgan fingerprint density at radius 3 is 2.71 bits per heavy atom. The van der Waals surface area contributed by atoms with Crippen LogP contribution in [0.2, 0.25) is 0 Å². The molecule has 0 unspecified atom stereocenters. The van der Waals surface area contributed by atoms with Crippen molar-refractivity contribution in [2.24, 2.45) is 5.73 Å². The predicted octanol–water partition coefficient (Wildman–Crippen LogP) is 1.74. The van der Waals surface area contributed by atoms with Crippen molar-refractivity contribution < 1.29 is 8.42 Å². The van der Waals surface area contributed by atoms with Gasteiger partial charge in [0.1, 0.15) is 0 Å². The zero-order chi connectivity index (χ0) is 15.5. The van der Waals surface area contributed by atoms with Gasteiger partial charge >= 0.3 is 0 Å². The summed E-state index contributed by atoms with van der Waals surface area (Å²) in [4.78, 5) is 4.61.